The number of piperazine rings is 1. The maximum absolute atomic E-state index is 11.7. The van der Waals surface area contributed by atoms with Crippen LogP contribution in [0.15, 0.2) is 33.7 Å². The fraction of sp³-hybridized carbons (Fsp3) is 0.429. The van der Waals surface area contributed by atoms with Gasteiger partial charge in [-0.3, -0.25) is 4.90 Å². The summed E-state index contributed by atoms with van der Waals surface area (Å²) in [5, 5.41) is 7.36. The monoisotopic (exact) mass is 373 g/mol. The molecule has 0 spiro atoms. The number of nitrogens with zero attached hydrogens (tertiary/aromatic N) is 3. The second kappa shape index (κ2) is 7.58. The Bertz CT molecular complexity index is 778. The lowest BCUT2D eigenvalue weighted by atomic mass is 10.2. The molecule has 10 heteroatoms. The van der Waals surface area contributed by atoms with E-state index >= 15 is 0 Å². The zero-order valence-electron chi connectivity index (χ0n) is 13.4. The normalized spacial score (nSPS) is 19.0. The van der Waals surface area contributed by atoms with Crippen LogP contribution < -0.4 is 10.0 Å². The summed E-state index contributed by atoms with van der Waals surface area (Å²) in [4.78, 5) is 6.81. The van der Waals surface area contributed by atoms with Crippen LogP contribution in [0, 0.1) is 0 Å². The van der Waals surface area contributed by atoms with Crippen LogP contribution in [0.3, 0.4) is 0 Å². The summed E-state index contributed by atoms with van der Waals surface area (Å²) in [6.45, 7) is 2.64. The highest BCUT2D eigenvalue weighted by atomic mass is 35.5. The number of hydrogen-bond donors (Lipinski definition) is 2. The van der Waals surface area contributed by atoms with Gasteiger partial charge in [0.25, 0.3) is 5.89 Å². The maximum Gasteiger partial charge on any atom is 0.257 e. The third-order valence-corrected chi connectivity index (χ3v) is 5.36. The number of hydrogen-bond acceptors (Lipinski definition) is 7. The number of nitrogens with one attached hydrogen (secondary N) is 2. The number of aromatic nitrogens is 2. The van der Waals surface area contributed by atoms with E-state index in [9.17, 15) is 8.42 Å². The van der Waals surface area contributed by atoms with Gasteiger partial charge in [-0.2, -0.15) is 4.98 Å². The molecule has 2 heterocycles. The lowest BCUT2D eigenvalue weighted by Crippen LogP contribution is -2.44. The first-order valence-electron chi connectivity index (χ1n) is 7.30. The Morgan fingerprint density at radius 1 is 1.33 bits per heavy atom. The fourth-order valence-electron chi connectivity index (χ4n) is 2.48. The minimum absolute atomic E-state index is 0. The van der Waals surface area contributed by atoms with Gasteiger partial charge >= 0.3 is 0 Å². The third-order valence-electron chi connectivity index (χ3n) is 3.93. The zero-order chi connectivity index (χ0) is 16.4. The second-order valence-electron chi connectivity index (χ2n) is 5.39. The Labute approximate surface area is 147 Å². The van der Waals surface area contributed by atoms with Crippen molar-refractivity contribution in [3.63, 3.8) is 0 Å². The molecule has 0 amide bonds. The molecule has 0 bridgehead atoms. The predicted molar refractivity (Wildman–Crippen MR) is 91.5 cm³/mol. The Morgan fingerprint density at radius 2 is 2.04 bits per heavy atom. The molecule has 24 heavy (non-hydrogen) atoms. The molecule has 2 N–H and O–H groups in total. The minimum Gasteiger partial charge on any atom is -0.334 e. The van der Waals surface area contributed by atoms with E-state index in [-0.39, 0.29) is 23.3 Å². The van der Waals surface area contributed by atoms with Crippen LogP contribution in [0.25, 0.3) is 11.5 Å². The molecule has 1 aromatic carbocycles. The van der Waals surface area contributed by atoms with Gasteiger partial charge in [-0.05, 0) is 38.4 Å². The van der Waals surface area contributed by atoms with Crippen LogP contribution in [0.1, 0.15) is 11.9 Å². The first-order chi connectivity index (χ1) is 11.0. The van der Waals surface area contributed by atoms with Gasteiger partial charge in [0, 0.05) is 25.2 Å². The first kappa shape index (κ1) is 18.8. The topological polar surface area (TPSA) is 100 Å². The van der Waals surface area contributed by atoms with E-state index in [2.05, 4.69) is 25.1 Å². The quantitative estimate of drug-likeness (QED) is 0.811. The zero-order valence-corrected chi connectivity index (χ0v) is 15.0. The van der Waals surface area contributed by atoms with E-state index in [1.165, 1.54) is 19.2 Å². The van der Waals surface area contributed by atoms with E-state index in [0.717, 1.165) is 19.6 Å². The van der Waals surface area contributed by atoms with Crippen LogP contribution in [-0.2, 0) is 10.0 Å². The summed E-state index contributed by atoms with van der Waals surface area (Å²) in [7, 11) is -0.0440. The van der Waals surface area contributed by atoms with Gasteiger partial charge in [-0.15, -0.1) is 12.4 Å². The van der Waals surface area contributed by atoms with Crippen molar-refractivity contribution in [3.8, 4) is 11.5 Å². The molecule has 1 aliphatic rings. The first-order valence-corrected chi connectivity index (χ1v) is 8.78. The molecular formula is C14H20ClN5O3S. The van der Waals surface area contributed by atoms with Gasteiger partial charge in [-0.25, -0.2) is 13.1 Å². The minimum atomic E-state index is -3.45. The summed E-state index contributed by atoms with van der Waals surface area (Å²) in [6, 6.07) is 6.41. The van der Waals surface area contributed by atoms with Crippen LogP contribution in [0.5, 0.6) is 0 Å². The Morgan fingerprint density at radius 3 is 2.67 bits per heavy atom. The van der Waals surface area contributed by atoms with Crippen molar-refractivity contribution in [1.82, 2.24) is 25.1 Å². The molecule has 8 nitrogen and oxygen atoms in total. The van der Waals surface area contributed by atoms with Gasteiger partial charge < -0.3 is 9.84 Å². The van der Waals surface area contributed by atoms with Crippen molar-refractivity contribution in [2.24, 2.45) is 0 Å². The van der Waals surface area contributed by atoms with Crippen LogP contribution in [0.2, 0.25) is 0 Å². The van der Waals surface area contributed by atoms with Crippen molar-refractivity contribution in [2.75, 3.05) is 33.7 Å². The Hall–Kier alpha value is -1.52. The lowest BCUT2D eigenvalue weighted by Gasteiger charge is -2.30. The van der Waals surface area contributed by atoms with Crippen molar-refractivity contribution in [3.05, 3.63) is 30.1 Å². The van der Waals surface area contributed by atoms with E-state index in [4.69, 9.17) is 4.52 Å². The number of benzene rings is 1. The predicted octanol–water partition coefficient (Wildman–Crippen LogP) is 0.643. The van der Waals surface area contributed by atoms with Crippen molar-refractivity contribution >= 4 is 22.4 Å². The van der Waals surface area contributed by atoms with E-state index in [0.29, 0.717) is 17.3 Å². The van der Waals surface area contributed by atoms with Crippen molar-refractivity contribution < 1.29 is 12.9 Å². The Balaban J connectivity index is 0.00000208. The molecule has 0 aliphatic carbocycles. The highest BCUT2D eigenvalue weighted by Gasteiger charge is 2.25. The Kier molecular flexibility index (Phi) is 5.94. The highest BCUT2D eigenvalue weighted by Crippen LogP contribution is 2.23. The molecule has 2 aromatic rings. The highest BCUT2D eigenvalue weighted by molar-refractivity contribution is 7.89. The van der Waals surface area contributed by atoms with Crippen molar-refractivity contribution in [2.45, 2.75) is 10.9 Å². The van der Waals surface area contributed by atoms with E-state index in [1.807, 2.05) is 7.05 Å². The smallest absolute Gasteiger partial charge is 0.257 e. The molecule has 0 radical (unpaired) electrons. The number of likely N-dealkylation sites (N-methyl/N-ethyl adjacent to an activating group) is 1. The van der Waals surface area contributed by atoms with Gasteiger partial charge in [-0.1, -0.05) is 5.16 Å². The number of sulfonamides is 1. The fourth-order valence-corrected chi connectivity index (χ4v) is 3.21. The molecule has 3 rings (SSSR count). The lowest BCUT2D eigenvalue weighted by molar-refractivity contribution is 0.190. The van der Waals surface area contributed by atoms with Crippen LogP contribution in [-0.4, -0.2) is 57.2 Å². The summed E-state index contributed by atoms with van der Waals surface area (Å²) >= 11 is 0. The van der Waals surface area contributed by atoms with Gasteiger partial charge in [0.2, 0.25) is 10.0 Å². The summed E-state index contributed by atoms with van der Waals surface area (Å²) in [6.07, 6.45) is 0. The molecule has 0 saturated carbocycles. The largest absolute Gasteiger partial charge is 0.334 e. The van der Waals surface area contributed by atoms with E-state index < -0.39 is 10.0 Å². The summed E-state index contributed by atoms with van der Waals surface area (Å²) in [5.74, 6) is 1.01. The molecule has 1 fully saturated rings. The molecule has 1 saturated heterocycles. The van der Waals surface area contributed by atoms with Gasteiger partial charge in [0.15, 0.2) is 5.82 Å². The second-order valence-corrected chi connectivity index (χ2v) is 7.28. The van der Waals surface area contributed by atoms with Crippen LogP contribution in [0.4, 0.5) is 0 Å². The average molecular weight is 374 g/mol. The SMILES string of the molecule is CNS(=O)(=O)c1ccc(-c2nc(C3CNCCN3C)no2)cc1.Cl. The molecule has 1 aromatic heterocycles. The number of halogens is 1. The maximum atomic E-state index is 11.7. The van der Waals surface area contributed by atoms with Crippen molar-refractivity contribution in [1.29, 1.82) is 0 Å². The molecule has 1 atom stereocenters. The molecular weight excluding hydrogens is 354 g/mol. The average Bonchev–Trinajstić information content (AvgIpc) is 3.05. The van der Waals surface area contributed by atoms with Gasteiger partial charge in [0.1, 0.15) is 0 Å². The molecule has 1 unspecified atom stereocenters. The summed E-state index contributed by atoms with van der Waals surface area (Å²) < 4.78 is 31.0. The number of rotatable bonds is 4. The standard InChI is InChI=1S/C14H19N5O3S.ClH/c1-15-23(20,21)11-5-3-10(4-6-11)14-17-13(18-22-14)12-9-16-7-8-19(12)2;/h3-6,12,15-16H,7-9H2,1-2H3;1H. The molecule has 1 aliphatic heterocycles. The van der Waals surface area contributed by atoms with Crippen LogP contribution >= 0.6 is 12.4 Å². The van der Waals surface area contributed by atoms with E-state index in [1.54, 1.807) is 12.1 Å². The third kappa shape index (κ3) is 3.76. The van der Waals surface area contributed by atoms with Gasteiger partial charge in [0.05, 0.1) is 10.9 Å². The molecule has 132 valence electrons. The summed E-state index contributed by atoms with van der Waals surface area (Å²) in [5.41, 5.74) is 0.685.